The number of hydrogen-bond donors (Lipinski definition) is 1. The highest BCUT2D eigenvalue weighted by atomic mass is 35.5. The molecule has 0 aliphatic carbocycles. The standard InChI is InChI=1S/C8H8ClN3O4S/c1-15-5(13)2-16-12-6(7(9)14)4-3-17-8(10)11-4/h3H,2H2,1H3,(H2,10,11). The van der Waals surface area contributed by atoms with Gasteiger partial charge in [0.15, 0.2) is 10.8 Å². The number of aromatic nitrogens is 1. The fourth-order valence-corrected chi connectivity index (χ4v) is 1.47. The number of esters is 1. The molecule has 0 atom stereocenters. The van der Waals surface area contributed by atoms with Crippen LogP contribution in [0.1, 0.15) is 5.69 Å². The van der Waals surface area contributed by atoms with Crippen LogP contribution in [-0.2, 0) is 19.2 Å². The highest BCUT2D eigenvalue weighted by Crippen LogP contribution is 2.13. The largest absolute Gasteiger partial charge is 0.466 e. The maximum atomic E-state index is 11.1. The van der Waals surface area contributed by atoms with Crippen molar-refractivity contribution >= 4 is 45.0 Å². The Bertz CT molecular complexity index is 459. The third-order valence-electron chi connectivity index (χ3n) is 1.52. The number of halogens is 1. The van der Waals surface area contributed by atoms with Gasteiger partial charge in [0, 0.05) is 5.38 Å². The lowest BCUT2D eigenvalue weighted by Crippen LogP contribution is -2.13. The van der Waals surface area contributed by atoms with Crippen molar-refractivity contribution in [1.29, 1.82) is 0 Å². The molecule has 0 saturated carbocycles. The number of carbonyl (C=O) groups is 2. The quantitative estimate of drug-likeness (QED) is 0.361. The molecular weight excluding hydrogens is 270 g/mol. The Morgan fingerprint density at radius 1 is 1.65 bits per heavy atom. The number of nitrogen functional groups attached to an aromatic ring is 1. The summed E-state index contributed by atoms with van der Waals surface area (Å²) in [5.74, 6) is -0.632. The first-order valence-corrected chi connectivity index (χ1v) is 5.48. The zero-order valence-electron chi connectivity index (χ0n) is 8.68. The van der Waals surface area contributed by atoms with Crippen molar-refractivity contribution in [3.8, 4) is 0 Å². The maximum Gasteiger partial charge on any atom is 0.346 e. The summed E-state index contributed by atoms with van der Waals surface area (Å²) in [6.07, 6.45) is 0. The van der Waals surface area contributed by atoms with Gasteiger partial charge >= 0.3 is 5.97 Å². The van der Waals surface area contributed by atoms with E-state index in [-0.39, 0.29) is 16.5 Å². The molecule has 1 aromatic rings. The third kappa shape index (κ3) is 4.00. The van der Waals surface area contributed by atoms with Crippen LogP contribution in [-0.4, -0.2) is 35.6 Å². The van der Waals surface area contributed by atoms with Crippen LogP contribution in [0, 0.1) is 0 Å². The highest BCUT2D eigenvalue weighted by Gasteiger charge is 2.16. The molecule has 92 valence electrons. The average Bonchev–Trinajstić information content (AvgIpc) is 2.70. The summed E-state index contributed by atoms with van der Waals surface area (Å²) in [7, 11) is 1.20. The normalized spacial score (nSPS) is 11.1. The fraction of sp³-hybridized carbons (Fsp3) is 0.250. The van der Waals surface area contributed by atoms with Crippen molar-refractivity contribution < 1.29 is 19.2 Å². The van der Waals surface area contributed by atoms with E-state index < -0.39 is 17.8 Å². The van der Waals surface area contributed by atoms with Gasteiger partial charge in [-0.05, 0) is 11.6 Å². The van der Waals surface area contributed by atoms with Crippen LogP contribution in [0.15, 0.2) is 10.5 Å². The fourth-order valence-electron chi connectivity index (χ4n) is 0.788. The predicted molar refractivity (Wildman–Crippen MR) is 61.9 cm³/mol. The summed E-state index contributed by atoms with van der Waals surface area (Å²) in [4.78, 5) is 30.2. The van der Waals surface area contributed by atoms with Crippen LogP contribution < -0.4 is 5.73 Å². The lowest BCUT2D eigenvalue weighted by atomic mass is 10.3. The summed E-state index contributed by atoms with van der Waals surface area (Å²) in [5.41, 5.74) is 5.37. The van der Waals surface area contributed by atoms with Crippen LogP contribution in [0.25, 0.3) is 0 Å². The molecule has 0 radical (unpaired) electrons. The molecule has 0 unspecified atom stereocenters. The summed E-state index contributed by atoms with van der Waals surface area (Å²) >= 11 is 6.42. The molecule has 0 aromatic carbocycles. The SMILES string of the molecule is COC(=O)CON=C(C(=O)Cl)c1csc(N)n1. The van der Waals surface area contributed by atoms with Gasteiger partial charge in [-0.3, -0.25) is 4.79 Å². The number of oxime groups is 1. The molecule has 1 heterocycles. The van der Waals surface area contributed by atoms with Crippen LogP contribution in [0.3, 0.4) is 0 Å². The first-order chi connectivity index (χ1) is 8.04. The maximum absolute atomic E-state index is 11.1. The number of rotatable bonds is 5. The molecule has 7 nitrogen and oxygen atoms in total. The summed E-state index contributed by atoms with van der Waals surface area (Å²) < 4.78 is 4.32. The van der Waals surface area contributed by atoms with Gasteiger partial charge in [-0.15, -0.1) is 11.3 Å². The van der Waals surface area contributed by atoms with E-state index in [1.807, 2.05) is 0 Å². The Kier molecular flexibility index (Phi) is 4.85. The van der Waals surface area contributed by atoms with E-state index in [1.165, 1.54) is 12.5 Å². The second kappa shape index (κ2) is 6.16. The van der Waals surface area contributed by atoms with Crippen molar-refractivity contribution in [1.82, 2.24) is 4.98 Å². The molecule has 0 bridgehead atoms. The number of nitrogens with zero attached hydrogens (tertiary/aromatic N) is 2. The highest BCUT2D eigenvalue weighted by molar-refractivity contribution is 7.13. The van der Waals surface area contributed by atoms with E-state index in [9.17, 15) is 9.59 Å². The van der Waals surface area contributed by atoms with Crippen molar-refractivity contribution in [3.05, 3.63) is 11.1 Å². The Morgan fingerprint density at radius 2 is 2.35 bits per heavy atom. The zero-order valence-corrected chi connectivity index (χ0v) is 10.2. The third-order valence-corrected chi connectivity index (χ3v) is 2.37. The van der Waals surface area contributed by atoms with Gasteiger partial charge in [0.2, 0.25) is 6.61 Å². The van der Waals surface area contributed by atoms with E-state index >= 15 is 0 Å². The molecule has 9 heteroatoms. The van der Waals surface area contributed by atoms with E-state index in [1.54, 1.807) is 0 Å². The minimum Gasteiger partial charge on any atom is -0.466 e. The molecule has 2 N–H and O–H groups in total. The lowest BCUT2D eigenvalue weighted by molar-refractivity contribution is -0.145. The van der Waals surface area contributed by atoms with E-state index in [0.29, 0.717) is 0 Å². The van der Waals surface area contributed by atoms with Gasteiger partial charge in [0.25, 0.3) is 5.24 Å². The number of nitrogens with two attached hydrogens (primary N) is 1. The molecule has 0 aliphatic heterocycles. The van der Waals surface area contributed by atoms with E-state index in [4.69, 9.17) is 17.3 Å². The molecule has 0 fully saturated rings. The Morgan fingerprint density at radius 3 is 2.82 bits per heavy atom. The van der Waals surface area contributed by atoms with Crippen molar-refractivity contribution in [3.63, 3.8) is 0 Å². The number of hydrogen-bond acceptors (Lipinski definition) is 8. The molecule has 0 spiro atoms. The second-order valence-electron chi connectivity index (χ2n) is 2.63. The zero-order chi connectivity index (χ0) is 12.8. The summed E-state index contributed by atoms with van der Waals surface area (Å²) in [5, 5.41) is 4.32. The number of methoxy groups -OCH3 is 1. The van der Waals surface area contributed by atoms with Gasteiger partial charge in [-0.1, -0.05) is 5.16 Å². The topological polar surface area (TPSA) is 104 Å². The van der Waals surface area contributed by atoms with Crippen LogP contribution in [0.4, 0.5) is 5.13 Å². The van der Waals surface area contributed by atoms with Crippen LogP contribution in [0.5, 0.6) is 0 Å². The van der Waals surface area contributed by atoms with Crippen LogP contribution >= 0.6 is 22.9 Å². The van der Waals surface area contributed by atoms with Gasteiger partial charge in [-0.2, -0.15) is 0 Å². The van der Waals surface area contributed by atoms with Gasteiger partial charge in [0.05, 0.1) is 7.11 Å². The van der Waals surface area contributed by atoms with Crippen molar-refractivity contribution in [2.75, 3.05) is 19.5 Å². The van der Waals surface area contributed by atoms with Gasteiger partial charge in [-0.25, -0.2) is 9.78 Å². The van der Waals surface area contributed by atoms with E-state index in [0.717, 1.165) is 11.3 Å². The Labute approximate surface area is 105 Å². The molecule has 0 aliphatic rings. The smallest absolute Gasteiger partial charge is 0.346 e. The summed E-state index contributed by atoms with van der Waals surface area (Å²) in [6, 6.07) is 0. The number of thiazole rings is 1. The number of carbonyl (C=O) groups excluding carboxylic acids is 2. The average molecular weight is 278 g/mol. The minimum absolute atomic E-state index is 0.192. The van der Waals surface area contributed by atoms with Crippen LogP contribution in [0.2, 0.25) is 0 Å². The first kappa shape index (κ1) is 13.4. The van der Waals surface area contributed by atoms with E-state index in [2.05, 4.69) is 19.7 Å². The Balaban J connectivity index is 2.76. The molecular formula is C8H8ClN3O4S. The monoisotopic (exact) mass is 277 g/mol. The number of ether oxygens (including phenoxy) is 1. The van der Waals surface area contributed by atoms with Gasteiger partial charge in [0.1, 0.15) is 5.69 Å². The second-order valence-corrected chi connectivity index (χ2v) is 3.87. The molecule has 1 aromatic heterocycles. The molecule has 17 heavy (non-hydrogen) atoms. The van der Waals surface area contributed by atoms with Gasteiger partial charge < -0.3 is 15.3 Å². The minimum atomic E-state index is -0.861. The Hall–Kier alpha value is -1.67. The molecule has 1 rings (SSSR count). The van der Waals surface area contributed by atoms with Crippen molar-refractivity contribution in [2.45, 2.75) is 0 Å². The molecule has 0 saturated heterocycles. The molecule has 0 amide bonds. The first-order valence-electron chi connectivity index (χ1n) is 4.22. The summed E-state index contributed by atoms with van der Waals surface area (Å²) in [6.45, 7) is -0.427. The number of anilines is 1. The predicted octanol–water partition coefficient (Wildman–Crippen LogP) is 0.384. The van der Waals surface area contributed by atoms with Crippen molar-refractivity contribution in [2.24, 2.45) is 5.16 Å². The lowest BCUT2D eigenvalue weighted by Gasteiger charge is -1.99.